The predicted octanol–water partition coefficient (Wildman–Crippen LogP) is 3.02. The second kappa shape index (κ2) is 6.67. The molecule has 0 unspecified atom stereocenters. The van der Waals surface area contributed by atoms with Crippen molar-refractivity contribution in [3.05, 3.63) is 59.4 Å². The van der Waals surface area contributed by atoms with E-state index in [1.54, 1.807) is 12.4 Å². The number of carbonyl (C=O) groups excluding carboxylic acids is 1. The average Bonchev–Trinajstić information content (AvgIpc) is 2.49. The van der Waals surface area contributed by atoms with E-state index < -0.39 is 5.92 Å². The van der Waals surface area contributed by atoms with Crippen LogP contribution in [0.2, 0.25) is 0 Å². The Hall–Kier alpha value is -2.67. The van der Waals surface area contributed by atoms with Crippen molar-refractivity contribution in [3.63, 3.8) is 0 Å². The Kier molecular flexibility index (Phi) is 4.68. The first-order valence-electron chi connectivity index (χ1n) is 6.77. The van der Waals surface area contributed by atoms with Crippen LogP contribution in [0, 0.1) is 31.1 Å². The van der Waals surface area contributed by atoms with E-state index in [-0.39, 0.29) is 5.91 Å². The molecule has 1 atom stereocenters. The fraction of sp³-hybridized carbons (Fsp3) is 0.235. The molecule has 1 N–H and O–H groups in total. The van der Waals surface area contributed by atoms with E-state index in [0.29, 0.717) is 6.42 Å². The molecule has 0 fully saturated rings. The Labute approximate surface area is 124 Å². The molecule has 2 rings (SSSR count). The molecule has 1 aromatic heterocycles. The summed E-state index contributed by atoms with van der Waals surface area (Å²) in [6.45, 7) is 4.01. The lowest BCUT2D eigenvalue weighted by Crippen LogP contribution is -2.23. The summed E-state index contributed by atoms with van der Waals surface area (Å²) in [5.41, 5.74) is 3.92. The van der Waals surface area contributed by atoms with Crippen molar-refractivity contribution in [1.29, 1.82) is 5.26 Å². The van der Waals surface area contributed by atoms with Crippen LogP contribution < -0.4 is 5.32 Å². The van der Waals surface area contributed by atoms with Gasteiger partial charge in [0.15, 0.2) is 0 Å². The Morgan fingerprint density at radius 3 is 2.57 bits per heavy atom. The number of rotatable bonds is 4. The minimum Gasteiger partial charge on any atom is -0.325 e. The van der Waals surface area contributed by atoms with Gasteiger partial charge in [-0.15, -0.1) is 0 Å². The van der Waals surface area contributed by atoms with Gasteiger partial charge in [0.2, 0.25) is 5.91 Å². The van der Waals surface area contributed by atoms with Crippen LogP contribution in [0.1, 0.15) is 16.7 Å². The zero-order valence-electron chi connectivity index (χ0n) is 12.1. The molecule has 0 saturated heterocycles. The summed E-state index contributed by atoms with van der Waals surface area (Å²) in [7, 11) is 0. The number of amides is 1. The number of pyridine rings is 1. The molecule has 0 radical (unpaired) electrons. The standard InChI is InChI=1S/C17H17N3O/c1-12-3-4-16(9-13(12)2)20-17(21)15(11-18)10-14-5-7-19-8-6-14/h3-9,15H,10H2,1-2H3,(H,20,21)/t15-/m1/s1. The molecule has 0 bridgehead atoms. The predicted molar refractivity (Wildman–Crippen MR) is 81.6 cm³/mol. The fourth-order valence-corrected chi connectivity index (χ4v) is 2.00. The monoisotopic (exact) mass is 279 g/mol. The first-order chi connectivity index (χ1) is 10.1. The maximum absolute atomic E-state index is 12.2. The highest BCUT2D eigenvalue weighted by Crippen LogP contribution is 2.16. The molecule has 4 nitrogen and oxygen atoms in total. The number of nitriles is 1. The quantitative estimate of drug-likeness (QED) is 0.935. The lowest BCUT2D eigenvalue weighted by atomic mass is 10.0. The second-order valence-corrected chi connectivity index (χ2v) is 5.03. The maximum Gasteiger partial charge on any atom is 0.242 e. The zero-order chi connectivity index (χ0) is 15.2. The minimum absolute atomic E-state index is 0.280. The van der Waals surface area contributed by atoms with Gasteiger partial charge in [-0.2, -0.15) is 5.26 Å². The zero-order valence-corrected chi connectivity index (χ0v) is 12.1. The van der Waals surface area contributed by atoms with Crippen molar-refractivity contribution in [2.75, 3.05) is 5.32 Å². The minimum atomic E-state index is -0.714. The SMILES string of the molecule is Cc1ccc(NC(=O)[C@@H](C#N)Cc2ccncc2)cc1C. The van der Waals surface area contributed by atoms with Gasteiger partial charge < -0.3 is 5.32 Å². The lowest BCUT2D eigenvalue weighted by molar-refractivity contribution is -0.118. The van der Waals surface area contributed by atoms with Crippen LogP contribution in [-0.4, -0.2) is 10.9 Å². The molecule has 21 heavy (non-hydrogen) atoms. The third kappa shape index (κ3) is 3.90. The Balaban J connectivity index is 2.07. The summed E-state index contributed by atoms with van der Waals surface area (Å²) >= 11 is 0. The van der Waals surface area contributed by atoms with Crippen LogP contribution in [-0.2, 0) is 11.2 Å². The molecule has 0 spiro atoms. The molecule has 1 aromatic carbocycles. The lowest BCUT2D eigenvalue weighted by Gasteiger charge is -2.11. The number of aromatic nitrogens is 1. The average molecular weight is 279 g/mol. The van der Waals surface area contributed by atoms with E-state index in [1.165, 1.54) is 5.56 Å². The Bertz CT molecular complexity index is 674. The van der Waals surface area contributed by atoms with Crippen LogP contribution in [0.3, 0.4) is 0 Å². The van der Waals surface area contributed by atoms with Crippen molar-refractivity contribution >= 4 is 11.6 Å². The Morgan fingerprint density at radius 1 is 1.24 bits per heavy atom. The van der Waals surface area contributed by atoms with Crippen LogP contribution in [0.4, 0.5) is 5.69 Å². The van der Waals surface area contributed by atoms with Gasteiger partial charge in [0.25, 0.3) is 0 Å². The molecule has 106 valence electrons. The van der Waals surface area contributed by atoms with Gasteiger partial charge in [0.05, 0.1) is 6.07 Å². The fourth-order valence-electron chi connectivity index (χ4n) is 2.00. The summed E-state index contributed by atoms with van der Waals surface area (Å²) in [6, 6.07) is 11.4. The van der Waals surface area contributed by atoms with Crippen molar-refractivity contribution < 1.29 is 4.79 Å². The van der Waals surface area contributed by atoms with Crippen molar-refractivity contribution in [3.8, 4) is 6.07 Å². The molecule has 1 heterocycles. The van der Waals surface area contributed by atoms with E-state index in [9.17, 15) is 10.1 Å². The van der Waals surface area contributed by atoms with E-state index in [2.05, 4.69) is 16.4 Å². The van der Waals surface area contributed by atoms with Gasteiger partial charge in [-0.1, -0.05) is 6.07 Å². The first-order valence-corrected chi connectivity index (χ1v) is 6.77. The number of anilines is 1. The number of carbonyl (C=O) groups is 1. The first kappa shape index (κ1) is 14.7. The number of nitrogens with zero attached hydrogens (tertiary/aromatic N) is 2. The highest BCUT2D eigenvalue weighted by molar-refractivity contribution is 5.94. The van der Waals surface area contributed by atoms with E-state index in [4.69, 9.17) is 0 Å². The van der Waals surface area contributed by atoms with Crippen LogP contribution in [0.15, 0.2) is 42.7 Å². The van der Waals surface area contributed by atoms with Crippen LogP contribution in [0.5, 0.6) is 0 Å². The third-order valence-electron chi connectivity index (χ3n) is 3.44. The summed E-state index contributed by atoms with van der Waals surface area (Å²) in [6.07, 6.45) is 3.70. The summed E-state index contributed by atoms with van der Waals surface area (Å²) < 4.78 is 0. The molecule has 0 aliphatic rings. The second-order valence-electron chi connectivity index (χ2n) is 5.03. The highest BCUT2D eigenvalue weighted by Gasteiger charge is 2.18. The molecule has 0 aliphatic heterocycles. The maximum atomic E-state index is 12.2. The number of hydrogen-bond acceptors (Lipinski definition) is 3. The van der Waals surface area contributed by atoms with Crippen molar-refractivity contribution in [2.24, 2.45) is 5.92 Å². The van der Waals surface area contributed by atoms with Gasteiger partial charge in [-0.3, -0.25) is 9.78 Å². The van der Waals surface area contributed by atoms with E-state index in [0.717, 1.165) is 16.8 Å². The third-order valence-corrected chi connectivity index (χ3v) is 3.44. The highest BCUT2D eigenvalue weighted by atomic mass is 16.1. The van der Waals surface area contributed by atoms with Gasteiger partial charge >= 0.3 is 0 Å². The smallest absolute Gasteiger partial charge is 0.242 e. The summed E-state index contributed by atoms with van der Waals surface area (Å²) in [5, 5.41) is 12.0. The molecular formula is C17H17N3O. The number of nitrogens with one attached hydrogen (secondary N) is 1. The number of hydrogen-bond donors (Lipinski definition) is 1. The largest absolute Gasteiger partial charge is 0.325 e. The molecule has 0 saturated carbocycles. The van der Waals surface area contributed by atoms with E-state index in [1.807, 2.05) is 44.2 Å². The molecular weight excluding hydrogens is 262 g/mol. The summed E-state index contributed by atoms with van der Waals surface area (Å²) in [5.74, 6) is -0.994. The normalized spacial score (nSPS) is 11.5. The number of benzene rings is 1. The van der Waals surface area contributed by atoms with Gasteiger partial charge in [0, 0.05) is 18.1 Å². The Morgan fingerprint density at radius 2 is 1.95 bits per heavy atom. The number of aryl methyl sites for hydroxylation is 2. The molecule has 0 aliphatic carbocycles. The van der Waals surface area contributed by atoms with Gasteiger partial charge in [-0.05, 0) is 61.2 Å². The van der Waals surface area contributed by atoms with Crippen LogP contribution >= 0.6 is 0 Å². The van der Waals surface area contributed by atoms with Crippen molar-refractivity contribution in [1.82, 2.24) is 4.98 Å². The summed E-state index contributed by atoms with van der Waals surface area (Å²) in [4.78, 5) is 16.1. The van der Waals surface area contributed by atoms with Gasteiger partial charge in [-0.25, -0.2) is 0 Å². The van der Waals surface area contributed by atoms with Crippen molar-refractivity contribution in [2.45, 2.75) is 20.3 Å². The van der Waals surface area contributed by atoms with E-state index >= 15 is 0 Å². The van der Waals surface area contributed by atoms with Gasteiger partial charge in [0.1, 0.15) is 5.92 Å². The molecule has 1 amide bonds. The molecule has 4 heteroatoms. The topological polar surface area (TPSA) is 65.8 Å². The molecule has 2 aromatic rings. The van der Waals surface area contributed by atoms with Crippen LogP contribution in [0.25, 0.3) is 0 Å².